The van der Waals surface area contributed by atoms with E-state index in [1.54, 1.807) is 11.8 Å². The lowest BCUT2D eigenvalue weighted by molar-refractivity contribution is -0.113. The van der Waals surface area contributed by atoms with Crippen molar-refractivity contribution in [2.45, 2.75) is 39.5 Å². The minimum Gasteiger partial charge on any atom is -0.325 e. The third kappa shape index (κ3) is 5.65. The van der Waals surface area contributed by atoms with Crippen LogP contribution in [-0.2, 0) is 4.79 Å². The lowest BCUT2D eigenvalue weighted by atomic mass is 10.1. The first-order valence-electron chi connectivity index (χ1n) is 8.33. The van der Waals surface area contributed by atoms with Crippen LogP contribution >= 0.6 is 11.8 Å². The summed E-state index contributed by atoms with van der Waals surface area (Å²) in [6.45, 7) is 7.65. The van der Waals surface area contributed by atoms with Gasteiger partial charge in [-0.1, -0.05) is 31.0 Å². The molecule has 122 valence electrons. The van der Waals surface area contributed by atoms with Gasteiger partial charge >= 0.3 is 0 Å². The Morgan fingerprint density at radius 1 is 1.14 bits per heavy atom. The number of hydrogen-bond donors (Lipinski definition) is 1. The highest BCUT2D eigenvalue weighted by atomic mass is 32.2. The summed E-state index contributed by atoms with van der Waals surface area (Å²) in [5.74, 6) is 1.69. The van der Waals surface area contributed by atoms with E-state index in [0.717, 1.165) is 29.1 Å². The van der Waals surface area contributed by atoms with Gasteiger partial charge in [0, 0.05) is 18.0 Å². The second-order valence-electron chi connectivity index (χ2n) is 6.12. The van der Waals surface area contributed by atoms with Gasteiger partial charge in [-0.05, 0) is 50.9 Å². The maximum Gasteiger partial charge on any atom is 0.234 e. The first-order chi connectivity index (χ1) is 10.7. The van der Waals surface area contributed by atoms with Gasteiger partial charge in [0.05, 0.1) is 5.75 Å². The van der Waals surface area contributed by atoms with Crippen molar-refractivity contribution >= 4 is 23.4 Å². The summed E-state index contributed by atoms with van der Waals surface area (Å²) in [6.07, 6.45) is 5.42. The van der Waals surface area contributed by atoms with Gasteiger partial charge in [-0.15, -0.1) is 0 Å². The number of nitrogens with zero attached hydrogens (tertiary/aromatic N) is 1. The summed E-state index contributed by atoms with van der Waals surface area (Å²) in [5, 5.41) is 3.05. The Hall–Kier alpha value is -1.000. The second kappa shape index (κ2) is 9.21. The number of benzene rings is 1. The van der Waals surface area contributed by atoms with Gasteiger partial charge in [0.1, 0.15) is 0 Å². The molecule has 1 aromatic carbocycles. The van der Waals surface area contributed by atoms with Crippen molar-refractivity contribution in [3.63, 3.8) is 0 Å². The first kappa shape index (κ1) is 17.4. The van der Waals surface area contributed by atoms with Crippen LogP contribution in [0.25, 0.3) is 0 Å². The van der Waals surface area contributed by atoms with Crippen molar-refractivity contribution in [2.75, 3.05) is 36.5 Å². The summed E-state index contributed by atoms with van der Waals surface area (Å²) in [5.41, 5.74) is 3.23. The van der Waals surface area contributed by atoms with Crippen LogP contribution in [0.15, 0.2) is 18.2 Å². The molecule has 0 aromatic heterocycles. The number of rotatable bonds is 6. The Kier molecular flexibility index (Phi) is 7.26. The number of thioether (sulfide) groups is 1. The first-order valence-corrected chi connectivity index (χ1v) is 9.48. The van der Waals surface area contributed by atoms with Crippen LogP contribution in [0.4, 0.5) is 5.69 Å². The molecule has 4 heteroatoms. The topological polar surface area (TPSA) is 32.3 Å². The summed E-state index contributed by atoms with van der Waals surface area (Å²) in [4.78, 5) is 14.6. The number of anilines is 1. The number of carbonyl (C=O) groups excluding carboxylic acids is 1. The van der Waals surface area contributed by atoms with E-state index in [0.29, 0.717) is 5.75 Å². The van der Waals surface area contributed by atoms with E-state index in [2.05, 4.69) is 10.2 Å². The van der Waals surface area contributed by atoms with Crippen molar-refractivity contribution in [3.8, 4) is 0 Å². The van der Waals surface area contributed by atoms with Crippen molar-refractivity contribution in [1.82, 2.24) is 4.90 Å². The average Bonchev–Trinajstić information content (AvgIpc) is 2.76. The third-order valence-corrected chi connectivity index (χ3v) is 5.17. The molecule has 0 aliphatic carbocycles. The van der Waals surface area contributed by atoms with Gasteiger partial charge < -0.3 is 10.2 Å². The van der Waals surface area contributed by atoms with Gasteiger partial charge in [-0.2, -0.15) is 11.8 Å². The molecule has 1 aromatic rings. The van der Waals surface area contributed by atoms with Crippen molar-refractivity contribution in [2.24, 2.45) is 0 Å². The Balaban J connectivity index is 1.67. The van der Waals surface area contributed by atoms with Crippen LogP contribution in [0.3, 0.4) is 0 Å². The molecule has 1 N–H and O–H groups in total. The molecule has 1 heterocycles. The number of hydrogen-bond acceptors (Lipinski definition) is 3. The zero-order chi connectivity index (χ0) is 15.8. The fraction of sp³-hybridized carbons (Fsp3) is 0.611. The molecule has 1 saturated heterocycles. The van der Waals surface area contributed by atoms with E-state index in [1.807, 2.05) is 32.0 Å². The number of amides is 1. The molecule has 1 amide bonds. The standard InChI is InChI=1S/C18H28N2OS/c1-15-8-7-9-16(2)18(15)19-17(21)14-22-13-12-20-10-5-3-4-6-11-20/h7-9H,3-6,10-14H2,1-2H3,(H,19,21). The average molecular weight is 321 g/mol. The highest BCUT2D eigenvalue weighted by Crippen LogP contribution is 2.19. The molecule has 1 aliphatic heterocycles. The van der Waals surface area contributed by atoms with E-state index in [4.69, 9.17) is 0 Å². The minimum absolute atomic E-state index is 0.110. The number of carbonyl (C=O) groups is 1. The molecule has 3 nitrogen and oxygen atoms in total. The fourth-order valence-corrected chi connectivity index (χ4v) is 3.69. The number of nitrogens with one attached hydrogen (secondary N) is 1. The Bertz CT molecular complexity index is 462. The van der Waals surface area contributed by atoms with Crippen molar-refractivity contribution < 1.29 is 4.79 Å². The molecule has 22 heavy (non-hydrogen) atoms. The van der Waals surface area contributed by atoms with E-state index in [1.165, 1.54) is 38.8 Å². The summed E-state index contributed by atoms with van der Waals surface area (Å²) >= 11 is 1.74. The van der Waals surface area contributed by atoms with Gasteiger partial charge in [0.2, 0.25) is 5.91 Å². The molecule has 0 atom stereocenters. The SMILES string of the molecule is Cc1cccc(C)c1NC(=O)CSCCN1CCCCCC1. The van der Waals surface area contributed by atoms with E-state index >= 15 is 0 Å². The molecule has 1 fully saturated rings. The zero-order valence-corrected chi connectivity index (χ0v) is 14.7. The number of aryl methyl sites for hydroxylation is 2. The maximum absolute atomic E-state index is 12.1. The zero-order valence-electron chi connectivity index (χ0n) is 13.9. The highest BCUT2D eigenvalue weighted by Gasteiger charge is 2.10. The van der Waals surface area contributed by atoms with Crippen molar-refractivity contribution in [3.05, 3.63) is 29.3 Å². The maximum atomic E-state index is 12.1. The van der Waals surface area contributed by atoms with Crippen LogP contribution in [0.1, 0.15) is 36.8 Å². The Morgan fingerprint density at radius 2 is 1.77 bits per heavy atom. The van der Waals surface area contributed by atoms with E-state index in [9.17, 15) is 4.79 Å². The molecule has 1 aliphatic rings. The molecule has 0 bridgehead atoms. The molecule has 0 spiro atoms. The number of para-hydroxylation sites is 1. The smallest absolute Gasteiger partial charge is 0.234 e. The predicted molar refractivity (Wildman–Crippen MR) is 96.8 cm³/mol. The molecule has 0 radical (unpaired) electrons. The van der Waals surface area contributed by atoms with Crippen LogP contribution < -0.4 is 5.32 Å². The van der Waals surface area contributed by atoms with Gasteiger partial charge in [-0.3, -0.25) is 4.79 Å². The molecule has 2 rings (SSSR count). The van der Waals surface area contributed by atoms with E-state index in [-0.39, 0.29) is 5.91 Å². The third-order valence-electron chi connectivity index (χ3n) is 4.23. The van der Waals surface area contributed by atoms with Gasteiger partial charge in [-0.25, -0.2) is 0 Å². The van der Waals surface area contributed by atoms with Gasteiger partial charge in [0.15, 0.2) is 0 Å². The lowest BCUT2D eigenvalue weighted by Crippen LogP contribution is -2.27. The number of likely N-dealkylation sites (tertiary alicyclic amines) is 1. The van der Waals surface area contributed by atoms with Gasteiger partial charge in [0.25, 0.3) is 0 Å². The quantitative estimate of drug-likeness (QED) is 0.808. The summed E-state index contributed by atoms with van der Waals surface area (Å²) in [7, 11) is 0. The fourth-order valence-electron chi connectivity index (χ4n) is 2.91. The Labute approximate surface area is 138 Å². The second-order valence-corrected chi connectivity index (χ2v) is 7.23. The molecular formula is C18H28N2OS. The van der Waals surface area contributed by atoms with Crippen LogP contribution in [-0.4, -0.2) is 41.9 Å². The van der Waals surface area contributed by atoms with Crippen LogP contribution in [0.2, 0.25) is 0 Å². The van der Waals surface area contributed by atoms with Crippen molar-refractivity contribution in [1.29, 1.82) is 0 Å². The largest absolute Gasteiger partial charge is 0.325 e. The normalized spacial score (nSPS) is 16.3. The molecule has 0 unspecified atom stereocenters. The van der Waals surface area contributed by atoms with Crippen LogP contribution in [0.5, 0.6) is 0 Å². The van der Waals surface area contributed by atoms with Crippen LogP contribution in [0, 0.1) is 13.8 Å². The summed E-state index contributed by atoms with van der Waals surface area (Å²) in [6, 6.07) is 6.10. The molecular weight excluding hydrogens is 292 g/mol. The monoisotopic (exact) mass is 320 g/mol. The highest BCUT2D eigenvalue weighted by molar-refractivity contribution is 7.99. The minimum atomic E-state index is 0.110. The summed E-state index contributed by atoms with van der Waals surface area (Å²) < 4.78 is 0. The molecule has 0 saturated carbocycles. The lowest BCUT2D eigenvalue weighted by Gasteiger charge is -2.19. The Morgan fingerprint density at radius 3 is 2.41 bits per heavy atom. The van der Waals surface area contributed by atoms with E-state index < -0.39 is 0 Å². The predicted octanol–water partition coefficient (Wildman–Crippen LogP) is 3.85.